The molecule has 2 heterocycles. The van der Waals surface area contributed by atoms with Crippen LogP contribution in [0.3, 0.4) is 0 Å². The third kappa shape index (κ3) is 3.18. The molecule has 0 radical (unpaired) electrons. The number of nitrogens with zero attached hydrogens (tertiary/aromatic N) is 2. The Labute approximate surface area is 226 Å². The molecule has 4 atom stereocenters. The van der Waals surface area contributed by atoms with E-state index >= 15 is 0 Å². The van der Waals surface area contributed by atoms with Gasteiger partial charge < -0.3 is 0 Å². The smallest absolute Gasteiger partial charge is 0.241 e. The Kier molecular flexibility index (Phi) is 5.57. The molecule has 6 rings (SSSR count). The number of carbonyl (C=O) groups excluding carboxylic acids is 4. The van der Waals surface area contributed by atoms with Crippen LogP contribution in [0.15, 0.2) is 60.7 Å². The lowest BCUT2D eigenvalue weighted by Crippen LogP contribution is -2.64. The van der Waals surface area contributed by atoms with Gasteiger partial charge in [0.1, 0.15) is 0 Å². The van der Waals surface area contributed by atoms with Crippen LogP contribution in [0.4, 0.5) is 11.4 Å². The number of benzene rings is 2. The second kappa shape index (κ2) is 8.45. The lowest BCUT2D eigenvalue weighted by Gasteiger charge is -2.53. The second-order valence-electron chi connectivity index (χ2n) is 9.20. The average Bonchev–Trinajstić information content (AvgIpc) is 2.86. The predicted octanol–water partition coefficient (Wildman–Crippen LogP) is 5.58. The van der Waals surface area contributed by atoms with Crippen molar-refractivity contribution in [2.24, 2.45) is 35.5 Å². The van der Waals surface area contributed by atoms with Crippen LogP contribution in [-0.2, 0) is 19.2 Å². The monoisotopic (exact) mass is 560 g/mol. The first-order valence-electron chi connectivity index (χ1n) is 11.2. The maximum absolute atomic E-state index is 13.6. The number of carbonyl (C=O) groups is 4. The van der Waals surface area contributed by atoms with Crippen LogP contribution in [0.1, 0.15) is 0 Å². The lowest BCUT2D eigenvalue weighted by molar-refractivity contribution is -0.148. The fourth-order valence-corrected chi connectivity index (χ4v) is 6.76. The highest BCUT2D eigenvalue weighted by Gasteiger charge is 2.61. The molecule has 0 bridgehead atoms. The van der Waals surface area contributed by atoms with E-state index in [4.69, 9.17) is 46.4 Å². The van der Waals surface area contributed by atoms with Crippen LogP contribution >= 0.6 is 46.4 Å². The quantitative estimate of drug-likeness (QED) is 0.354. The summed E-state index contributed by atoms with van der Waals surface area (Å²) in [5, 5.41) is 0.649. The van der Waals surface area contributed by atoms with E-state index in [1.807, 2.05) is 0 Å². The van der Waals surface area contributed by atoms with Gasteiger partial charge in [-0.2, -0.15) is 0 Å². The van der Waals surface area contributed by atoms with Crippen molar-refractivity contribution in [1.29, 1.82) is 0 Å². The topological polar surface area (TPSA) is 74.8 Å². The molecular weight excluding hydrogens is 546 g/mol. The summed E-state index contributed by atoms with van der Waals surface area (Å²) >= 11 is 25.0. The molecule has 2 saturated heterocycles. The number of imide groups is 2. The Bertz CT molecular complexity index is 1280. The largest absolute Gasteiger partial charge is 0.273 e. The highest BCUT2D eigenvalue weighted by atomic mass is 35.5. The van der Waals surface area contributed by atoms with Crippen LogP contribution in [0, 0.1) is 35.5 Å². The number of piperidine rings is 2. The summed E-state index contributed by atoms with van der Waals surface area (Å²) in [5.74, 6) is -5.79. The van der Waals surface area contributed by atoms with Gasteiger partial charge in [-0.15, -0.1) is 0 Å². The standard InChI is InChI=1S/C26H16Cl4N2O4/c27-15-3-1-5-17(21(15)29)31-23(33)11-7-9-13-20-14(10-8-12(19(11)20)24(31)34)26(36)32(25(13)35)18-6-2-4-16(28)22(18)30/h1-14,19-20H/t11-,12-,13+,14+,19?,20?. The minimum atomic E-state index is -0.710. The van der Waals surface area contributed by atoms with Gasteiger partial charge in [0.15, 0.2) is 0 Å². The van der Waals surface area contributed by atoms with Crippen molar-refractivity contribution < 1.29 is 19.2 Å². The third-order valence-corrected chi connectivity index (χ3v) is 9.14. The molecule has 0 spiro atoms. The SMILES string of the molecule is O=C1[C@H]2C=C[C@H]3C(=O)N(c4cccc(Cl)c4Cl)C(=O)[C@@H]4C=C[C@H](C(=O)N1c1cccc(Cl)c1Cl)C2C34. The van der Waals surface area contributed by atoms with E-state index in [0.29, 0.717) is 0 Å². The summed E-state index contributed by atoms with van der Waals surface area (Å²) < 4.78 is 0. The van der Waals surface area contributed by atoms with Crippen LogP contribution in [0.2, 0.25) is 20.1 Å². The number of halogens is 4. The summed E-state index contributed by atoms with van der Waals surface area (Å²) in [6.07, 6.45) is 6.67. The number of rotatable bonds is 2. The van der Waals surface area contributed by atoms with Gasteiger partial charge in [0.25, 0.3) is 0 Å². The Balaban J connectivity index is 1.45. The van der Waals surface area contributed by atoms with Crippen molar-refractivity contribution in [3.63, 3.8) is 0 Å². The Hall–Kier alpha value is -2.64. The van der Waals surface area contributed by atoms with E-state index in [0.717, 1.165) is 9.80 Å². The first-order valence-corrected chi connectivity index (χ1v) is 12.7. The van der Waals surface area contributed by atoms with E-state index in [-0.39, 0.29) is 31.5 Å². The minimum absolute atomic E-state index is 0.103. The number of amides is 4. The third-order valence-electron chi connectivity index (χ3n) is 7.52. The molecule has 10 heteroatoms. The lowest BCUT2D eigenvalue weighted by atomic mass is 9.55. The van der Waals surface area contributed by atoms with Crippen molar-refractivity contribution in [3.8, 4) is 0 Å². The maximum atomic E-state index is 13.6. The molecule has 0 aromatic heterocycles. The Morgan fingerprint density at radius 1 is 0.500 bits per heavy atom. The van der Waals surface area contributed by atoms with E-state index in [1.165, 1.54) is 0 Å². The molecule has 2 aromatic carbocycles. The molecule has 4 aliphatic rings. The van der Waals surface area contributed by atoms with Gasteiger partial charge in [-0.05, 0) is 36.1 Å². The van der Waals surface area contributed by atoms with Gasteiger partial charge >= 0.3 is 0 Å². The zero-order valence-electron chi connectivity index (χ0n) is 18.3. The van der Waals surface area contributed by atoms with Gasteiger partial charge in [-0.3, -0.25) is 19.2 Å². The molecule has 4 amide bonds. The summed E-state index contributed by atoms with van der Waals surface area (Å²) in [7, 11) is 0. The normalized spacial score (nSPS) is 30.7. The van der Waals surface area contributed by atoms with Crippen LogP contribution < -0.4 is 9.80 Å². The molecule has 182 valence electrons. The van der Waals surface area contributed by atoms with E-state index in [1.54, 1.807) is 60.7 Å². The minimum Gasteiger partial charge on any atom is -0.273 e. The molecule has 2 fully saturated rings. The van der Waals surface area contributed by atoms with Crippen molar-refractivity contribution in [2.75, 3.05) is 9.80 Å². The van der Waals surface area contributed by atoms with Crippen LogP contribution in [0.5, 0.6) is 0 Å². The molecule has 0 unspecified atom stereocenters. The van der Waals surface area contributed by atoms with Gasteiger partial charge in [0.05, 0.1) is 55.1 Å². The zero-order valence-corrected chi connectivity index (χ0v) is 21.3. The Morgan fingerprint density at radius 2 is 0.806 bits per heavy atom. The highest BCUT2D eigenvalue weighted by molar-refractivity contribution is 6.45. The first-order chi connectivity index (χ1) is 17.2. The number of hydrogen-bond acceptors (Lipinski definition) is 4. The van der Waals surface area contributed by atoms with E-state index in [9.17, 15) is 19.2 Å². The average molecular weight is 562 g/mol. The van der Waals surface area contributed by atoms with Crippen molar-refractivity contribution >= 4 is 81.4 Å². The van der Waals surface area contributed by atoms with Gasteiger partial charge in [-0.25, -0.2) is 9.80 Å². The summed E-state index contributed by atoms with van der Waals surface area (Å²) in [6, 6.07) is 9.50. The zero-order chi connectivity index (χ0) is 25.5. The molecule has 6 nitrogen and oxygen atoms in total. The summed E-state index contributed by atoms with van der Waals surface area (Å²) in [4.78, 5) is 56.7. The summed E-state index contributed by atoms with van der Waals surface area (Å²) in [5.41, 5.74) is 0.419. The van der Waals surface area contributed by atoms with Crippen molar-refractivity contribution in [2.45, 2.75) is 0 Å². The van der Waals surface area contributed by atoms with Crippen LogP contribution in [-0.4, -0.2) is 23.6 Å². The predicted molar refractivity (Wildman–Crippen MR) is 137 cm³/mol. The van der Waals surface area contributed by atoms with Crippen molar-refractivity contribution in [1.82, 2.24) is 0 Å². The van der Waals surface area contributed by atoms with E-state index in [2.05, 4.69) is 0 Å². The molecular formula is C26H16Cl4N2O4. The van der Waals surface area contributed by atoms with Crippen molar-refractivity contribution in [3.05, 3.63) is 80.8 Å². The van der Waals surface area contributed by atoms with Gasteiger partial charge in [0.2, 0.25) is 23.6 Å². The number of hydrogen-bond donors (Lipinski definition) is 0. The fourth-order valence-electron chi connectivity index (χ4n) is 6.00. The fraction of sp³-hybridized carbons (Fsp3) is 0.231. The molecule has 2 aromatic rings. The molecule has 36 heavy (non-hydrogen) atoms. The first kappa shape index (κ1) is 23.7. The molecule has 0 saturated carbocycles. The van der Waals surface area contributed by atoms with Crippen LogP contribution in [0.25, 0.3) is 0 Å². The second-order valence-corrected chi connectivity index (χ2v) is 10.8. The molecule has 2 aliphatic carbocycles. The summed E-state index contributed by atoms with van der Waals surface area (Å²) in [6.45, 7) is 0. The van der Waals surface area contributed by atoms with Gasteiger partial charge in [0, 0.05) is 0 Å². The highest BCUT2D eigenvalue weighted by Crippen LogP contribution is 2.54. The Morgan fingerprint density at radius 3 is 1.11 bits per heavy atom. The van der Waals surface area contributed by atoms with Gasteiger partial charge in [-0.1, -0.05) is 82.8 Å². The van der Waals surface area contributed by atoms with E-state index < -0.39 is 59.1 Å². The molecule has 2 aliphatic heterocycles. The number of anilines is 2. The maximum Gasteiger partial charge on any atom is 0.241 e. The molecule has 0 N–H and O–H groups in total.